The monoisotopic (exact) mass is 251 g/mol. The van der Waals surface area contributed by atoms with E-state index in [9.17, 15) is 4.79 Å². The third-order valence-electron chi connectivity index (χ3n) is 3.71. The van der Waals surface area contributed by atoms with E-state index in [0.29, 0.717) is 0 Å². The highest BCUT2D eigenvalue weighted by atomic mass is 16.1. The van der Waals surface area contributed by atoms with Crippen molar-refractivity contribution >= 4 is 5.78 Å². The first-order valence-electron chi connectivity index (χ1n) is 6.64. The second-order valence-corrected chi connectivity index (χ2v) is 5.17. The summed E-state index contributed by atoms with van der Waals surface area (Å²) in [5.74, 6) is 0.113. The zero-order valence-electron chi connectivity index (χ0n) is 11.1. The lowest BCUT2D eigenvalue weighted by Crippen LogP contribution is -2.26. The minimum atomic E-state index is 0.113. The van der Waals surface area contributed by atoms with Gasteiger partial charge in [0.05, 0.1) is 0 Å². The molecule has 0 atom stereocenters. The van der Waals surface area contributed by atoms with Gasteiger partial charge in [0.2, 0.25) is 0 Å². The van der Waals surface area contributed by atoms with Gasteiger partial charge in [-0.3, -0.25) is 4.79 Å². The quantitative estimate of drug-likeness (QED) is 0.765. The van der Waals surface area contributed by atoms with Crippen LogP contribution < -0.4 is 0 Å². The average Bonchev–Trinajstić information content (AvgIpc) is 2.47. The van der Waals surface area contributed by atoms with Crippen LogP contribution in [0.1, 0.15) is 27.0 Å². The summed E-state index contributed by atoms with van der Waals surface area (Å²) in [4.78, 5) is 14.7. The molecule has 3 rings (SSSR count). The number of benzene rings is 2. The Labute approximate surface area is 113 Å². The van der Waals surface area contributed by atoms with Crippen LogP contribution in [0.25, 0.3) is 0 Å². The first-order chi connectivity index (χ1) is 9.24. The molecule has 2 aromatic rings. The largest absolute Gasteiger partial charge is 0.302 e. The molecular formula is C17H17NO. The number of hydrogen-bond acceptors (Lipinski definition) is 2. The summed E-state index contributed by atoms with van der Waals surface area (Å²) in [5, 5.41) is 0. The van der Waals surface area contributed by atoms with Crippen molar-refractivity contribution < 1.29 is 4.79 Å². The number of fused-ring (bicyclic) bond motifs is 1. The Balaban J connectivity index is 1.93. The normalized spacial score (nSPS) is 15.0. The second kappa shape index (κ2) is 4.98. The van der Waals surface area contributed by atoms with E-state index in [1.54, 1.807) is 0 Å². The van der Waals surface area contributed by atoms with Gasteiger partial charge in [-0.25, -0.2) is 0 Å². The molecule has 2 aromatic carbocycles. The molecule has 2 nitrogen and oxygen atoms in total. The predicted octanol–water partition coefficient (Wildman–Crippen LogP) is 2.91. The van der Waals surface area contributed by atoms with Crippen LogP contribution in [0.3, 0.4) is 0 Å². The van der Waals surface area contributed by atoms with Crippen molar-refractivity contribution in [3.63, 3.8) is 0 Å². The number of hydrogen-bond donors (Lipinski definition) is 0. The van der Waals surface area contributed by atoms with Crippen molar-refractivity contribution in [1.29, 1.82) is 0 Å². The summed E-state index contributed by atoms with van der Waals surface area (Å²) in [6.07, 6.45) is 1.03. The van der Waals surface area contributed by atoms with E-state index in [-0.39, 0.29) is 5.78 Å². The molecule has 0 saturated heterocycles. The van der Waals surface area contributed by atoms with E-state index in [1.807, 2.05) is 36.4 Å². The Morgan fingerprint density at radius 1 is 1.00 bits per heavy atom. The highest BCUT2D eigenvalue weighted by molar-refractivity contribution is 6.09. The molecule has 0 saturated carbocycles. The number of rotatable bonds is 2. The lowest BCUT2D eigenvalue weighted by Gasteiger charge is -2.25. The highest BCUT2D eigenvalue weighted by Gasteiger charge is 2.16. The van der Waals surface area contributed by atoms with Crippen LogP contribution in [0.15, 0.2) is 48.5 Å². The van der Waals surface area contributed by atoms with Crippen LogP contribution in [-0.2, 0) is 13.0 Å². The molecule has 0 radical (unpaired) electrons. The summed E-state index contributed by atoms with van der Waals surface area (Å²) < 4.78 is 0. The van der Waals surface area contributed by atoms with Crippen LogP contribution in [-0.4, -0.2) is 24.3 Å². The van der Waals surface area contributed by atoms with Crippen molar-refractivity contribution in [3.05, 3.63) is 70.8 Å². The van der Waals surface area contributed by atoms with Gasteiger partial charge in [0.25, 0.3) is 0 Å². The maximum Gasteiger partial charge on any atom is 0.193 e. The molecule has 0 aromatic heterocycles. The highest BCUT2D eigenvalue weighted by Crippen LogP contribution is 2.21. The van der Waals surface area contributed by atoms with Gasteiger partial charge < -0.3 is 4.90 Å². The van der Waals surface area contributed by atoms with Gasteiger partial charge in [-0.2, -0.15) is 0 Å². The van der Waals surface area contributed by atoms with E-state index in [2.05, 4.69) is 24.1 Å². The minimum Gasteiger partial charge on any atom is -0.302 e. The van der Waals surface area contributed by atoms with E-state index in [1.165, 1.54) is 11.1 Å². The molecule has 1 aliphatic rings. The fourth-order valence-electron chi connectivity index (χ4n) is 2.59. The average molecular weight is 251 g/mol. The van der Waals surface area contributed by atoms with E-state index >= 15 is 0 Å². The zero-order chi connectivity index (χ0) is 13.2. The molecular weight excluding hydrogens is 234 g/mol. The van der Waals surface area contributed by atoms with Crippen LogP contribution in [0.2, 0.25) is 0 Å². The van der Waals surface area contributed by atoms with Crippen molar-refractivity contribution in [1.82, 2.24) is 4.90 Å². The first kappa shape index (κ1) is 12.1. The number of nitrogens with zero attached hydrogens (tertiary/aromatic N) is 1. The maximum atomic E-state index is 12.4. The minimum absolute atomic E-state index is 0.113. The third-order valence-corrected chi connectivity index (χ3v) is 3.71. The van der Waals surface area contributed by atoms with Crippen LogP contribution in [0, 0.1) is 0 Å². The van der Waals surface area contributed by atoms with Gasteiger partial charge in [0.15, 0.2) is 5.78 Å². The summed E-state index contributed by atoms with van der Waals surface area (Å²) in [5.41, 5.74) is 4.23. The van der Waals surface area contributed by atoms with Crippen molar-refractivity contribution in [2.45, 2.75) is 13.0 Å². The molecule has 96 valence electrons. The molecule has 1 aliphatic heterocycles. The molecule has 0 unspecified atom stereocenters. The van der Waals surface area contributed by atoms with E-state index < -0.39 is 0 Å². The standard InChI is InChI=1S/C17H17NO/c1-18-10-9-14-11-15(7-8-16(14)12-18)17(19)13-5-3-2-4-6-13/h2-8,11H,9-10,12H2,1H3. The Kier molecular flexibility index (Phi) is 3.18. The van der Waals surface area contributed by atoms with Crippen molar-refractivity contribution in [2.75, 3.05) is 13.6 Å². The molecule has 1 heterocycles. The molecule has 2 heteroatoms. The van der Waals surface area contributed by atoms with Gasteiger partial charge in [-0.05, 0) is 30.7 Å². The molecule has 0 N–H and O–H groups in total. The molecule has 0 bridgehead atoms. The van der Waals surface area contributed by atoms with E-state index in [0.717, 1.165) is 30.6 Å². The predicted molar refractivity (Wildman–Crippen MR) is 76.4 cm³/mol. The number of likely N-dealkylation sites (N-methyl/N-ethyl adjacent to an activating group) is 1. The van der Waals surface area contributed by atoms with Gasteiger partial charge in [-0.15, -0.1) is 0 Å². The molecule has 19 heavy (non-hydrogen) atoms. The van der Waals surface area contributed by atoms with Gasteiger partial charge >= 0.3 is 0 Å². The summed E-state index contributed by atoms with van der Waals surface area (Å²) in [7, 11) is 2.13. The SMILES string of the molecule is CN1CCc2cc(C(=O)c3ccccc3)ccc2C1. The zero-order valence-corrected chi connectivity index (χ0v) is 11.1. The third kappa shape index (κ3) is 2.45. The maximum absolute atomic E-state index is 12.4. The number of carbonyl (C=O) groups excluding carboxylic acids is 1. The summed E-state index contributed by atoms with van der Waals surface area (Å²) in [6.45, 7) is 2.05. The van der Waals surface area contributed by atoms with Gasteiger partial charge in [-0.1, -0.05) is 42.5 Å². The lowest BCUT2D eigenvalue weighted by atomic mass is 9.94. The van der Waals surface area contributed by atoms with Gasteiger partial charge in [0.1, 0.15) is 0 Å². The first-order valence-corrected chi connectivity index (χ1v) is 6.64. The molecule has 0 aliphatic carbocycles. The number of carbonyl (C=O) groups is 1. The van der Waals surface area contributed by atoms with Crippen LogP contribution in [0.4, 0.5) is 0 Å². The Bertz CT molecular complexity index is 604. The topological polar surface area (TPSA) is 20.3 Å². The molecule has 0 amide bonds. The molecule has 0 spiro atoms. The van der Waals surface area contributed by atoms with Crippen molar-refractivity contribution in [3.8, 4) is 0 Å². The van der Waals surface area contributed by atoms with E-state index in [4.69, 9.17) is 0 Å². The van der Waals surface area contributed by atoms with Crippen LogP contribution in [0.5, 0.6) is 0 Å². The molecule has 0 fully saturated rings. The Morgan fingerprint density at radius 3 is 2.58 bits per heavy atom. The fourth-order valence-corrected chi connectivity index (χ4v) is 2.59. The Morgan fingerprint density at radius 2 is 1.79 bits per heavy atom. The Hall–Kier alpha value is -1.93. The van der Waals surface area contributed by atoms with Crippen molar-refractivity contribution in [2.24, 2.45) is 0 Å². The fraction of sp³-hybridized carbons (Fsp3) is 0.235. The lowest BCUT2D eigenvalue weighted by molar-refractivity contribution is 0.103. The summed E-state index contributed by atoms with van der Waals surface area (Å²) in [6, 6.07) is 15.6. The summed E-state index contributed by atoms with van der Waals surface area (Å²) >= 11 is 0. The number of ketones is 1. The smallest absolute Gasteiger partial charge is 0.193 e. The van der Waals surface area contributed by atoms with Crippen LogP contribution >= 0.6 is 0 Å². The second-order valence-electron chi connectivity index (χ2n) is 5.17. The van der Waals surface area contributed by atoms with Gasteiger partial charge in [0, 0.05) is 24.2 Å².